The Morgan fingerprint density at radius 1 is 1.05 bits per heavy atom. The minimum Gasteiger partial charge on any atom is -0.494 e. The van der Waals surface area contributed by atoms with Crippen LogP contribution >= 0.6 is 0 Å². The van der Waals surface area contributed by atoms with E-state index in [1.54, 1.807) is 12.3 Å². The SMILES string of the molecule is CCCCOc1ccc(-c2ccc(OCC(C)F)cn2)cc1. The topological polar surface area (TPSA) is 31.4 Å². The molecular formula is C18H22FNO2. The molecule has 1 atom stereocenters. The first-order valence-electron chi connectivity index (χ1n) is 7.65. The van der Waals surface area contributed by atoms with Crippen molar-refractivity contribution in [3.8, 4) is 22.8 Å². The van der Waals surface area contributed by atoms with Crippen LogP contribution in [0.15, 0.2) is 42.6 Å². The fraction of sp³-hybridized carbons (Fsp3) is 0.389. The van der Waals surface area contributed by atoms with Gasteiger partial charge >= 0.3 is 0 Å². The molecule has 3 nitrogen and oxygen atoms in total. The minimum atomic E-state index is -0.986. The lowest BCUT2D eigenvalue weighted by Crippen LogP contribution is -2.08. The molecule has 0 aliphatic heterocycles. The lowest BCUT2D eigenvalue weighted by molar-refractivity contribution is 0.209. The number of aromatic nitrogens is 1. The Morgan fingerprint density at radius 2 is 1.77 bits per heavy atom. The first-order chi connectivity index (χ1) is 10.7. The molecule has 0 saturated carbocycles. The average molecular weight is 303 g/mol. The predicted molar refractivity (Wildman–Crippen MR) is 86.1 cm³/mol. The quantitative estimate of drug-likeness (QED) is 0.664. The van der Waals surface area contributed by atoms with Crippen LogP contribution in [-0.2, 0) is 0 Å². The van der Waals surface area contributed by atoms with Gasteiger partial charge in [-0.25, -0.2) is 4.39 Å². The fourth-order valence-corrected chi connectivity index (χ4v) is 1.90. The molecule has 0 spiro atoms. The van der Waals surface area contributed by atoms with Crippen LogP contribution in [0.4, 0.5) is 4.39 Å². The molecule has 2 rings (SSSR count). The van der Waals surface area contributed by atoms with Crippen LogP contribution in [0.3, 0.4) is 0 Å². The molecule has 0 radical (unpaired) electrons. The molecule has 118 valence electrons. The molecule has 0 amide bonds. The summed E-state index contributed by atoms with van der Waals surface area (Å²) < 4.78 is 23.6. The molecule has 4 heteroatoms. The van der Waals surface area contributed by atoms with Gasteiger partial charge in [0.15, 0.2) is 0 Å². The van der Waals surface area contributed by atoms with Crippen molar-refractivity contribution in [2.45, 2.75) is 32.9 Å². The molecule has 0 fully saturated rings. The lowest BCUT2D eigenvalue weighted by atomic mass is 10.1. The Morgan fingerprint density at radius 3 is 2.36 bits per heavy atom. The maximum absolute atomic E-state index is 12.7. The zero-order valence-electron chi connectivity index (χ0n) is 13.1. The molecular weight excluding hydrogens is 281 g/mol. The number of rotatable bonds is 8. The van der Waals surface area contributed by atoms with Crippen LogP contribution in [0, 0.1) is 0 Å². The van der Waals surface area contributed by atoms with Crippen LogP contribution < -0.4 is 9.47 Å². The van der Waals surface area contributed by atoms with E-state index in [0.29, 0.717) is 5.75 Å². The number of hydrogen-bond acceptors (Lipinski definition) is 3. The van der Waals surface area contributed by atoms with E-state index in [1.807, 2.05) is 30.3 Å². The zero-order valence-corrected chi connectivity index (χ0v) is 13.1. The number of pyridine rings is 1. The highest BCUT2D eigenvalue weighted by Crippen LogP contribution is 2.22. The number of ether oxygens (including phenoxy) is 2. The Kier molecular flexibility index (Phi) is 6.19. The summed E-state index contributed by atoms with van der Waals surface area (Å²) in [5, 5.41) is 0. The molecule has 0 aliphatic carbocycles. The van der Waals surface area contributed by atoms with Crippen molar-refractivity contribution in [2.75, 3.05) is 13.2 Å². The second-order valence-electron chi connectivity index (χ2n) is 5.20. The van der Waals surface area contributed by atoms with Gasteiger partial charge in [-0.05, 0) is 49.7 Å². The van der Waals surface area contributed by atoms with Crippen molar-refractivity contribution in [3.05, 3.63) is 42.6 Å². The van der Waals surface area contributed by atoms with E-state index in [-0.39, 0.29) is 6.61 Å². The van der Waals surface area contributed by atoms with E-state index in [1.165, 1.54) is 6.92 Å². The van der Waals surface area contributed by atoms with Crippen LogP contribution in [0.2, 0.25) is 0 Å². The van der Waals surface area contributed by atoms with Crippen LogP contribution in [0.1, 0.15) is 26.7 Å². The molecule has 2 aromatic rings. The summed E-state index contributed by atoms with van der Waals surface area (Å²) in [6.45, 7) is 4.39. The molecule has 0 N–H and O–H groups in total. The molecule has 0 aliphatic rings. The molecule has 22 heavy (non-hydrogen) atoms. The molecule has 1 unspecified atom stereocenters. The number of unbranched alkanes of at least 4 members (excludes halogenated alkanes) is 1. The summed E-state index contributed by atoms with van der Waals surface area (Å²) in [4.78, 5) is 4.34. The summed E-state index contributed by atoms with van der Waals surface area (Å²) in [6.07, 6.45) is 2.81. The molecule has 1 aromatic heterocycles. The highest BCUT2D eigenvalue weighted by Gasteiger charge is 2.03. The standard InChI is InChI=1S/C18H22FNO2/c1-3-4-11-21-16-7-5-15(6-8-16)18-10-9-17(12-20-18)22-13-14(2)19/h5-10,12,14H,3-4,11,13H2,1-2H3. The van der Waals surface area contributed by atoms with Crippen LogP contribution in [0.25, 0.3) is 11.3 Å². The highest BCUT2D eigenvalue weighted by molar-refractivity contribution is 5.60. The number of hydrogen-bond donors (Lipinski definition) is 0. The van der Waals surface area contributed by atoms with Crippen molar-refractivity contribution < 1.29 is 13.9 Å². The third kappa shape index (κ3) is 5.02. The Hall–Kier alpha value is -2.10. The summed E-state index contributed by atoms with van der Waals surface area (Å²) in [7, 11) is 0. The Bertz CT molecular complexity index is 552. The number of nitrogens with zero attached hydrogens (tertiary/aromatic N) is 1. The van der Waals surface area contributed by atoms with Gasteiger partial charge in [-0.15, -0.1) is 0 Å². The van der Waals surface area contributed by atoms with Gasteiger partial charge in [-0.1, -0.05) is 13.3 Å². The zero-order chi connectivity index (χ0) is 15.8. The lowest BCUT2D eigenvalue weighted by Gasteiger charge is -2.08. The van der Waals surface area contributed by atoms with Crippen molar-refractivity contribution in [2.24, 2.45) is 0 Å². The largest absolute Gasteiger partial charge is 0.494 e. The summed E-state index contributed by atoms with van der Waals surface area (Å²) in [5.74, 6) is 1.45. The van der Waals surface area contributed by atoms with E-state index in [0.717, 1.165) is 36.5 Å². The number of halogens is 1. The van der Waals surface area contributed by atoms with Crippen LogP contribution in [-0.4, -0.2) is 24.4 Å². The average Bonchev–Trinajstić information content (AvgIpc) is 2.54. The van der Waals surface area contributed by atoms with Gasteiger partial charge in [-0.2, -0.15) is 0 Å². The Balaban J connectivity index is 1.96. The summed E-state index contributed by atoms with van der Waals surface area (Å²) in [5.41, 5.74) is 1.86. The van der Waals surface area contributed by atoms with Crippen molar-refractivity contribution in [3.63, 3.8) is 0 Å². The number of benzene rings is 1. The first kappa shape index (κ1) is 16.3. The van der Waals surface area contributed by atoms with Gasteiger partial charge in [0.2, 0.25) is 0 Å². The molecule has 0 saturated heterocycles. The van der Waals surface area contributed by atoms with Crippen molar-refractivity contribution in [1.29, 1.82) is 0 Å². The third-order valence-corrected chi connectivity index (χ3v) is 3.13. The van der Waals surface area contributed by atoms with Gasteiger partial charge in [0, 0.05) is 5.56 Å². The molecule has 1 heterocycles. The maximum atomic E-state index is 12.7. The second-order valence-corrected chi connectivity index (χ2v) is 5.20. The smallest absolute Gasteiger partial charge is 0.137 e. The monoisotopic (exact) mass is 303 g/mol. The van der Waals surface area contributed by atoms with Gasteiger partial charge in [-0.3, -0.25) is 4.98 Å². The molecule has 0 bridgehead atoms. The van der Waals surface area contributed by atoms with E-state index in [2.05, 4.69) is 11.9 Å². The Labute approximate surface area is 131 Å². The second kappa shape index (κ2) is 8.37. The van der Waals surface area contributed by atoms with Gasteiger partial charge < -0.3 is 9.47 Å². The maximum Gasteiger partial charge on any atom is 0.137 e. The summed E-state index contributed by atoms with van der Waals surface area (Å²) in [6, 6.07) is 11.5. The third-order valence-electron chi connectivity index (χ3n) is 3.13. The predicted octanol–water partition coefficient (Wildman–Crippen LogP) is 4.66. The van der Waals surface area contributed by atoms with Gasteiger partial charge in [0.05, 0.1) is 18.5 Å². The van der Waals surface area contributed by atoms with Crippen molar-refractivity contribution >= 4 is 0 Å². The fourth-order valence-electron chi connectivity index (χ4n) is 1.90. The van der Waals surface area contributed by atoms with E-state index in [4.69, 9.17) is 9.47 Å². The first-order valence-corrected chi connectivity index (χ1v) is 7.65. The van der Waals surface area contributed by atoms with Crippen LogP contribution in [0.5, 0.6) is 11.5 Å². The van der Waals surface area contributed by atoms with E-state index < -0.39 is 6.17 Å². The van der Waals surface area contributed by atoms with Gasteiger partial charge in [0.25, 0.3) is 0 Å². The van der Waals surface area contributed by atoms with E-state index in [9.17, 15) is 4.39 Å². The summed E-state index contributed by atoms with van der Waals surface area (Å²) >= 11 is 0. The minimum absolute atomic E-state index is 0.0465. The van der Waals surface area contributed by atoms with Crippen molar-refractivity contribution in [1.82, 2.24) is 4.98 Å². The normalized spacial score (nSPS) is 12.0. The van der Waals surface area contributed by atoms with Gasteiger partial charge in [0.1, 0.15) is 24.3 Å². The number of alkyl halides is 1. The highest BCUT2D eigenvalue weighted by atomic mass is 19.1. The van der Waals surface area contributed by atoms with E-state index >= 15 is 0 Å². The molecule has 1 aromatic carbocycles.